The Bertz CT molecular complexity index is 944. The Morgan fingerprint density at radius 1 is 1.12 bits per heavy atom. The number of aromatic nitrogens is 2. The van der Waals surface area contributed by atoms with Crippen LogP contribution in [0.2, 0.25) is 0 Å². The van der Waals surface area contributed by atoms with Gasteiger partial charge in [0.25, 0.3) is 5.56 Å². The second kappa shape index (κ2) is 7.76. The van der Waals surface area contributed by atoms with E-state index in [4.69, 9.17) is 0 Å². The smallest absolute Gasteiger partial charge is 0.287 e. The molecule has 1 N–H and O–H groups in total. The summed E-state index contributed by atoms with van der Waals surface area (Å²) >= 11 is 1.01. The monoisotopic (exact) mass is 355 g/mol. The third-order valence-electron chi connectivity index (χ3n) is 3.33. The number of hydrogen-bond donors (Lipinski definition) is 1. The molecule has 0 aliphatic heterocycles. The van der Waals surface area contributed by atoms with E-state index in [1.165, 1.54) is 22.9 Å². The molecular formula is C18H14FN3O2S. The molecule has 0 aliphatic rings. The fraction of sp³-hybridized carbons (Fsp3) is 0.0556. The molecule has 0 fully saturated rings. The zero-order valence-corrected chi connectivity index (χ0v) is 13.9. The average Bonchev–Trinajstić information content (AvgIpc) is 2.63. The topological polar surface area (TPSA) is 64.0 Å². The number of nitrogens with one attached hydrogen (secondary N) is 1. The highest BCUT2D eigenvalue weighted by atomic mass is 32.2. The molecule has 0 radical (unpaired) electrons. The molecule has 126 valence electrons. The maximum atomic E-state index is 13.5. The molecule has 0 atom stereocenters. The minimum Gasteiger partial charge on any atom is -0.323 e. The molecule has 0 spiro atoms. The number of anilines is 1. The Morgan fingerprint density at radius 2 is 1.84 bits per heavy atom. The molecule has 0 bridgehead atoms. The lowest BCUT2D eigenvalue weighted by Gasteiger charge is -2.08. The summed E-state index contributed by atoms with van der Waals surface area (Å²) in [5, 5.41) is 2.68. The summed E-state index contributed by atoms with van der Waals surface area (Å²) in [6, 6.07) is 15.0. The Balaban J connectivity index is 1.71. The predicted octanol–water partition coefficient (Wildman–Crippen LogP) is 3.10. The number of hydrogen-bond acceptors (Lipinski definition) is 4. The van der Waals surface area contributed by atoms with Crippen molar-refractivity contribution >= 4 is 23.4 Å². The van der Waals surface area contributed by atoms with E-state index in [-0.39, 0.29) is 22.0 Å². The summed E-state index contributed by atoms with van der Waals surface area (Å²) in [5.41, 5.74) is 0.515. The van der Waals surface area contributed by atoms with Crippen LogP contribution < -0.4 is 10.9 Å². The van der Waals surface area contributed by atoms with Crippen molar-refractivity contribution in [2.24, 2.45) is 0 Å². The van der Waals surface area contributed by atoms with Crippen LogP contribution in [0.15, 0.2) is 76.8 Å². The number of carbonyl (C=O) groups excluding carboxylic acids is 1. The van der Waals surface area contributed by atoms with Gasteiger partial charge >= 0.3 is 0 Å². The normalized spacial score (nSPS) is 10.4. The third-order valence-corrected chi connectivity index (χ3v) is 4.29. The van der Waals surface area contributed by atoms with Gasteiger partial charge in [-0.25, -0.2) is 9.37 Å². The van der Waals surface area contributed by atoms with Crippen LogP contribution in [0.3, 0.4) is 0 Å². The van der Waals surface area contributed by atoms with Crippen LogP contribution in [0, 0.1) is 5.82 Å². The van der Waals surface area contributed by atoms with Crippen molar-refractivity contribution in [2.45, 2.75) is 5.03 Å². The van der Waals surface area contributed by atoms with Gasteiger partial charge in [0.15, 0.2) is 5.03 Å². The molecule has 3 aromatic rings. The van der Waals surface area contributed by atoms with Crippen LogP contribution in [0.25, 0.3) is 5.69 Å². The molecule has 1 amide bonds. The van der Waals surface area contributed by atoms with Gasteiger partial charge in [-0.2, -0.15) is 0 Å². The van der Waals surface area contributed by atoms with E-state index in [0.29, 0.717) is 5.69 Å². The first kappa shape index (κ1) is 16.9. The summed E-state index contributed by atoms with van der Waals surface area (Å²) < 4.78 is 15.0. The molecule has 0 unspecified atom stereocenters. The summed E-state index contributed by atoms with van der Waals surface area (Å²) in [7, 11) is 0. The molecule has 1 aromatic heterocycles. The third kappa shape index (κ3) is 4.13. The molecule has 2 aromatic carbocycles. The van der Waals surface area contributed by atoms with Crippen LogP contribution in [-0.4, -0.2) is 21.2 Å². The summed E-state index contributed by atoms with van der Waals surface area (Å²) in [5.74, 6) is -0.966. The highest BCUT2D eigenvalue weighted by Gasteiger charge is 2.11. The van der Waals surface area contributed by atoms with E-state index >= 15 is 0 Å². The first-order valence-electron chi connectivity index (χ1n) is 7.45. The Hall–Kier alpha value is -2.93. The molecular weight excluding hydrogens is 341 g/mol. The standard InChI is InChI=1S/C18H14FN3O2S/c19-14-8-4-5-9-15(14)21-16(23)12-25-17-18(24)22(11-10-20-17)13-6-2-1-3-7-13/h1-11H,12H2,(H,21,23). The van der Waals surface area contributed by atoms with Crippen molar-refractivity contribution in [3.63, 3.8) is 0 Å². The van der Waals surface area contributed by atoms with Crippen molar-refractivity contribution in [3.05, 3.63) is 83.2 Å². The highest BCUT2D eigenvalue weighted by Crippen LogP contribution is 2.15. The van der Waals surface area contributed by atoms with Gasteiger partial charge in [0, 0.05) is 18.1 Å². The van der Waals surface area contributed by atoms with Gasteiger partial charge in [0.2, 0.25) is 5.91 Å². The zero-order chi connectivity index (χ0) is 17.6. The quantitative estimate of drug-likeness (QED) is 0.715. The Morgan fingerprint density at radius 3 is 2.60 bits per heavy atom. The SMILES string of the molecule is O=C(CSc1nccn(-c2ccccc2)c1=O)Nc1ccccc1F. The van der Waals surface area contributed by atoms with E-state index in [9.17, 15) is 14.0 Å². The average molecular weight is 355 g/mol. The van der Waals surface area contributed by atoms with Crippen molar-refractivity contribution in [1.29, 1.82) is 0 Å². The number of benzene rings is 2. The summed E-state index contributed by atoms with van der Waals surface area (Å²) in [6.45, 7) is 0. The maximum absolute atomic E-state index is 13.5. The predicted molar refractivity (Wildman–Crippen MR) is 95.6 cm³/mol. The lowest BCUT2D eigenvalue weighted by atomic mass is 10.3. The van der Waals surface area contributed by atoms with Gasteiger partial charge < -0.3 is 5.32 Å². The molecule has 3 rings (SSSR count). The van der Waals surface area contributed by atoms with Crippen LogP contribution in [0.1, 0.15) is 0 Å². The molecule has 0 saturated heterocycles. The molecule has 7 heteroatoms. The molecule has 25 heavy (non-hydrogen) atoms. The summed E-state index contributed by atoms with van der Waals surface area (Å²) in [4.78, 5) is 28.5. The Labute approximate surface area is 147 Å². The first-order valence-corrected chi connectivity index (χ1v) is 8.44. The van der Waals surface area contributed by atoms with Gasteiger partial charge in [-0.05, 0) is 24.3 Å². The van der Waals surface area contributed by atoms with Gasteiger partial charge in [0.05, 0.1) is 11.4 Å². The maximum Gasteiger partial charge on any atom is 0.287 e. The number of para-hydroxylation sites is 2. The van der Waals surface area contributed by atoms with Gasteiger partial charge in [-0.1, -0.05) is 42.1 Å². The van der Waals surface area contributed by atoms with Crippen molar-refractivity contribution in [3.8, 4) is 5.69 Å². The molecule has 0 aliphatic carbocycles. The zero-order valence-electron chi connectivity index (χ0n) is 13.1. The lowest BCUT2D eigenvalue weighted by molar-refractivity contribution is -0.113. The van der Waals surface area contributed by atoms with E-state index in [2.05, 4.69) is 10.3 Å². The van der Waals surface area contributed by atoms with Crippen LogP contribution in [0.4, 0.5) is 10.1 Å². The fourth-order valence-electron chi connectivity index (χ4n) is 2.17. The van der Waals surface area contributed by atoms with Crippen LogP contribution in [0.5, 0.6) is 0 Å². The van der Waals surface area contributed by atoms with E-state index in [1.807, 2.05) is 18.2 Å². The second-order valence-electron chi connectivity index (χ2n) is 5.06. The number of amides is 1. The minimum atomic E-state index is -0.509. The molecule has 0 saturated carbocycles. The van der Waals surface area contributed by atoms with Crippen molar-refractivity contribution in [1.82, 2.24) is 9.55 Å². The fourth-order valence-corrected chi connectivity index (χ4v) is 2.86. The van der Waals surface area contributed by atoms with Gasteiger partial charge in [0.1, 0.15) is 5.82 Å². The molecule has 5 nitrogen and oxygen atoms in total. The number of halogens is 1. The number of nitrogens with zero attached hydrogens (tertiary/aromatic N) is 2. The van der Waals surface area contributed by atoms with Crippen molar-refractivity contribution < 1.29 is 9.18 Å². The molecule has 1 heterocycles. The van der Waals surface area contributed by atoms with Crippen LogP contribution in [-0.2, 0) is 4.79 Å². The van der Waals surface area contributed by atoms with Crippen molar-refractivity contribution in [2.75, 3.05) is 11.1 Å². The van der Waals surface area contributed by atoms with E-state index in [1.54, 1.807) is 30.5 Å². The minimum absolute atomic E-state index is 0.0463. The van der Waals surface area contributed by atoms with Gasteiger partial charge in [-0.15, -0.1) is 0 Å². The second-order valence-corrected chi connectivity index (χ2v) is 6.02. The number of carbonyl (C=O) groups is 1. The van der Waals surface area contributed by atoms with E-state index < -0.39 is 11.7 Å². The first-order chi connectivity index (χ1) is 12.1. The van der Waals surface area contributed by atoms with Gasteiger partial charge in [-0.3, -0.25) is 14.2 Å². The lowest BCUT2D eigenvalue weighted by Crippen LogP contribution is -2.22. The summed E-state index contributed by atoms with van der Waals surface area (Å²) in [6.07, 6.45) is 3.08. The van der Waals surface area contributed by atoms with E-state index in [0.717, 1.165) is 11.8 Å². The Kier molecular flexibility index (Phi) is 5.25. The number of thioether (sulfide) groups is 1. The number of rotatable bonds is 5. The van der Waals surface area contributed by atoms with Crippen LogP contribution >= 0.6 is 11.8 Å². The largest absolute Gasteiger partial charge is 0.323 e. The highest BCUT2D eigenvalue weighted by molar-refractivity contribution is 7.99.